The lowest BCUT2D eigenvalue weighted by atomic mass is 10.0. The van der Waals surface area contributed by atoms with Crippen molar-refractivity contribution in [3.8, 4) is 0 Å². The summed E-state index contributed by atoms with van der Waals surface area (Å²) in [6.07, 6.45) is 1.52. The number of hydrogen-bond donors (Lipinski definition) is 3. The van der Waals surface area contributed by atoms with Crippen LogP contribution in [0.5, 0.6) is 0 Å². The van der Waals surface area contributed by atoms with Crippen molar-refractivity contribution < 1.29 is 19.2 Å². The Morgan fingerprint density at radius 3 is 2.75 bits per heavy atom. The van der Waals surface area contributed by atoms with Crippen LogP contribution in [0.15, 0.2) is 18.2 Å². The maximum atomic E-state index is 13.0. The third kappa shape index (κ3) is 2.59. The van der Waals surface area contributed by atoms with Crippen molar-refractivity contribution in [3.05, 3.63) is 34.9 Å². The number of rotatable bonds is 5. The summed E-state index contributed by atoms with van der Waals surface area (Å²) in [6, 6.07) is 4.31. The quantitative estimate of drug-likeness (QED) is 0.608. The molecule has 5 rings (SSSR count). The minimum absolute atomic E-state index is 0.121. The fourth-order valence-corrected chi connectivity index (χ4v) is 4.89. The average molecular weight is 382 g/mol. The van der Waals surface area contributed by atoms with Crippen molar-refractivity contribution in [1.82, 2.24) is 20.9 Å². The van der Waals surface area contributed by atoms with Crippen molar-refractivity contribution in [3.63, 3.8) is 0 Å². The molecule has 8 heteroatoms. The molecule has 1 aromatic carbocycles. The molecule has 0 bridgehead atoms. The van der Waals surface area contributed by atoms with Crippen LogP contribution in [-0.4, -0.2) is 54.2 Å². The molecule has 1 aliphatic carbocycles. The molecule has 0 aromatic heterocycles. The van der Waals surface area contributed by atoms with E-state index in [-0.39, 0.29) is 18.7 Å². The third-order valence-electron chi connectivity index (χ3n) is 6.57. The normalized spacial score (nSPS) is 31.1. The Kier molecular flexibility index (Phi) is 3.89. The first-order chi connectivity index (χ1) is 13.5. The zero-order chi connectivity index (χ0) is 19.5. The largest absolute Gasteiger partial charge is 0.316 e. The van der Waals surface area contributed by atoms with Gasteiger partial charge in [-0.2, -0.15) is 0 Å². The van der Waals surface area contributed by atoms with Gasteiger partial charge < -0.3 is 10.6 Å². The van der Waals surface area contributed by atoms with Gasteiger partial charge in [0.05, 0.1) is 11.1 Å². The smallest absolute Gasteiger partial charge is 0.262 e. The second-order valence-corrected chi connectivity index (χ2v) is 8.28. The second kappa shape index (κ2) is 6.22. The third-order valence-corrected chi connectivity index (χ3v) is 6.57. The molecule has 0 spiro atoms. The van der Waals surface area contributed by atoms with Crippen molar-refractivity contribution in [1.29, 1.82) is 0 Å². The van der Waals surface area contributed by atoms with Crippen molar-refractivity contribution in [2.75, 3.05) is 19.6 Å². The first kappa shape index (κ1) is 17.5. The van der Waals surface area contributed by atoms with Gasteiger partial charge in [0.2, 0.25) is 11.8 Å². The van der Waals surface area contributed by atoms with E-state index in [2.05, 4.69) is 16.0 Å². The first-order valence-electron chi connectivity index (χ1n) is 9.75. The van der Waals surface area contributed by atoms with Crippen LogP contribution >= 0.6 is 0 Å². The van der Waals surface area contributed by atoms with Crippen LogP contribution in [0.1, 0.15) is 45.5 Å². The summed E-state index contributed by atoms with van der Waals surface area (Å²) in [7, 11) is 0. The van der Waals surface area contributed by atoms with Gasteiger partial charge in [0, 0.05) is 26.1 Å². The lowest BCUT2D eigenvalue weighted by Gasteiger charge is -2.27. The number of amides is 4. The minimum Gasteiger partial charge on any atom is -0.316 e. The van der Waals surface area contributed by atoms with E-state index in [1.807, 2.05) is 6.07 Å². The molecular formula is C20H22N4O4. The van der Waals surface area contributed by atoms with E-state index in [4.69, 9.17) is 0 Å². The molecule has 4 amide bonds. The Hall–Kier alpha value is -2.58. The van der Waals surface area contributed by atoms with Gasteiger partial charge in [-0.05, 0) is 42.3 Å². The summed E-state index contributed by atoms with van der Waals surface area (Å²) in [5.41, 5.74) is 1.82. The molecule has 28 heavy (non-hydrogen) atoms. The monoisotopic (exact) mass is 382 g/mol. The van der Waals surface area contributed by atoms with Crippen molar-refractivity contribution in [2.24, 2.45) is 11.3 Å². The lowest BCUT2D eigenvalue weighted by molar-refractivity contribution is -0.136. The number of piperidine rings is 2. The van der Waals surface area contributed by atoms with Gasteiger partial charge in [0.1, 0.15) is 6.04 Å². The van der Waals surface area contributed by atoms with E-state index in [9.17, 15) is 19.2 Å². The molecule has 3 heterocycles. The molecule has 8 nitrogen and oxygen atoms in total. The van der Waals surface area contributed by atoms with Gasteiger partial charge in [-0.3, -0.25) is 29.4 Å². The fourth-order valence-electron chi connectivity index (χ4n) is 4.89. The zero-order valence-electron chi connectivity index (χ0n) is 15.4. The Balaban J connectivity index is 1.34. The van der Waals surface area contributed by atoms with Gasteiger partial charge in [-0.1, -0.05) is 12.1 Å². The number of fused-ring (bicyclic) bond motifs is 2. The van der Waals surface area contributed by atoms with E-state index >= 15 is 0 Å². The summed E-state index contributed by atoms with van der Waals surface area (Å²) in [4.78, 5) is 50.5. The number of hydrogen-bond acceptors (Lipinski definition) is 6. The average Bonchev–Trinajstić information content (AvgIpc) is 3.10. The van der Waals surface area contributed by atoms with Crippen LogP contribution in [0.2, 0.25) is 0 Å². The summed E-state index contributed by atoms with van der Waals surface area (Å²) in [5, 5.41) is 9.08. The molecule has 3 aliphatic heterocycles. The van der Waals surface area contributed by atoms with Crippen molar-refractivity contribution >= 4 is 23.6 Å². The summed E-state index contributed by atoms with van der Waals surface area (Å²) in [5.74, 6) is -1.12. The molecule has 3 atom stereocenters. The SMILES string of the molecule is O=C1CCC(N2C(=O)c3cccc(CNC[C@]45CNC[C@H]4C5)c3C2=O)C(=O)N1. The predicted molar refractivity (Wildman–Crippen MR) is 98.2 cm³/mol. The van der Waals surface area contributed by atoms with E-state index in [0.717, 1.165) is 36.0 Å². The summed E-state index contributed by atoms with van der Waals surface area (Å²) >= 11 is 0. The summed E-state index contributed by atoms with van der Waals surface area (Å²) in [6.45, 7) is 3.49. The fraction of sp³-hybridized carbons (Fsp3) is 0.500. The van der Waals surface area contributed by atoms with Crippen LogP contribution in [0.4, 0.5) is 0 Å². The van der Waals surface area contributed by atoms with Gasteiger partial charge in [-0.25, -0.2) is 0 Å². The highest BCUT2D eigenvalue weighted by atomic mass is 16.2. The van der Waals surface area contributed by atoms with Crippen molar-refractivity contribution in [2.45, 2.75) is 31.8 Å². The molecule has 146 valence electrons. The molecule has 1 aromatic rings. The van der Waals surface area contributed by atoms with Gasteiger partial charge in [0.15, 0.2) is 0 Å². The summed E-state index contributed by atoms with van der Waals surface area (Å²) < 4.78 is 0. The van der Waals surface area contributed by atoms with Gasteiger partial charge in [-0.15, -0.1) is 0 Å². The Labute approximate surface area is 162 Å². The molecule has 3 N–H and O–H groups in total. The molecule has 0 radical (unpaired) electrons. The maximum Gasteiger partial charge on any atom is 0.262 e. The van der Waals surface area contributed by atoms with Gasteiger partial charge >= 0.3 is 0 Å². The van der Waals surface area contributed by atoms with Crippen LogP contribution < -0.4 is 16.0 Å². The number of nitrogens with one attached hydrogen (secondary N) is 3. The highest BCUT2D eigenvalue weighted by molar-refractivity contribution is 6.24. The number of imide groups is 2. The number of carbonyl (C=O) groups is 4. The Morgan fingerprint density at radius 2 is 2.04 bits per heavy atom. The standard InChI is InChI=1S/C20H22N4O4/c25-15-5-4-14(17(26)23-15)24-18(27)13-3-1-2-11(16(13)19(24)28)7-21-9-20-6-12(20)8-22-10-20/h1-3,12,14,21-22H,4-10H2,(H,23,25,26)/t12-,14?,20-/m1/s1. The Bertz CT molecular complexity index is 913. The maximum absolute atomic E-state index is 13.0. The molecule has 2 saturated heterocycles. The number of carbonyl (C=O) groups excluding carboxylic acids is 4. The van der Waals surface area contributed by atoms with E-state index < -0.39 is 23.8 Å². The highest BCUT2D eigenvalue weighted by Gasteiger charge is 2.56. The number of nitrogens with zero attached hydrogens (tertiary/aromatic N) is 1. The second-order valence-electron chi connectivity index (χ2n) is 8.28. The van der Waals surface area contributed by atoms with E-state index in [1.165, 1.54) is 6.42 Å². The topological polar surface area (TPSA) is 108 Å². The Morgan fingerprint density at radius 1 is 1.18 bits per heavy atom. The molecule has 4 aliphatic rings. The highest BCUT2D eigenvalue weighted by Crippen LogP contribution is 2.54. The zero-order valence-corrected chi connectivity index (χ0v) is 15.4. The van der Waals surface area contributed by atoms with Crippen LogP contribution in [-0.2, 0) is 16.1 Å². The molecule has 1 saturated carbocycles. The minimum atomic E-state index is -0.929. The van der Waals surface area contributed by atoms with Gasteiger partial charge in [0.25, 0.3) is 11.8 Å². The van der Waals surface area contributed by atoms with E-state index in [1.54, 1.807) is 12.1 Å². The van der Waals surface area contributed by atoms with Crippen LogP contribution in [0.25, 0.3) is 0 Å². The van der Waals surface area contributed by atoms with E-state index in [0.29, 0.717) is 23.1 Å². The lowest BCUT2D eigenvalue weighted by Crippen LogP contribution is -2.54. The molecule has 1 unspecified atom stereocenters. The first-order valence-corrected chi connectivity index (χ1v) is 9.75. The number of benzene rings is 1. The molecule has 3 fully saturated rings. The molecular weight excluding hydrogens is 360 g/mol. The van der Waals surface area contributed by atoms with Crippen LogP contribution in [0.3, 0.4) is 0 Å². The predicted octanol–water partition coefficient (Wildman–Crippen LogP) is -0.213. The van der Waals surface area contributed by atoms with Crippen LogP contribution in [0, 0.1) is 11.3 Å².